The van der Waals surface area contributed by atoms with E-state index in [9.17, 15) is 5.11 Å². The molecule has 1 N–H and O–H groups in total. The number of benzene rings is 1. The molecule has 18 heavy (non-hydrogen) atoms. The second kappa shape index (κ2) is 7.55. The molecular weight excluding hydrogens is 222 g/mol. The van der Waals surface area contributed by atoms with Crippen LogP contribution in [0.15, 0.2) is 24.3 Å². The van der Waals surface area contributed by atoms with Crippen molar-refractivity contribution in [2.45, 2.75) is 39.7 Å². The van der Waals surface area contributed by atoms with Crippen LogP contribution in [0.3, 0.4) is 0 Å². The van der Waals surface area contributed by atoms with Crippen LogP contribution in [0.4, 0.5) is 0 Å². The minimum atomic E-state index is -0.342. The molecule has 0 radical (unpaired) electrons. The molecule has 102 valence electrons. The maximum Gasteiger partial charge on any atom is 0.0804 e. The minimum absolute atomic E-state index is 0.342. The molecule has 0 amide bonds. The molecule has 0 aromatic heterocycles. The van der Waals surface area contributed by atoms with E-state index in [0.29, 0.717) is 0 Å². The second-order valence-corrected chi connectivity index (χ2v) is 5.44. The van der Waals surface area contributed by atoms with Crippen LogP contribution in [0.5, 0.6) is 0 Å². The molecule has 1 aromatic carbocycles. The van der Waals surface area contributed by atoms with Gasteiger partial charge in [0.1, 0.15) is 0 Å². The smallest absolute Gasteiger partial charge is 0.0804 e. The summed E-state index contributed by atoms with van der Waals surface area (Å²) in [6, 6.07) is 8.09. The Kier molecular flexibility index (Phi) is 6.37. The second-order valence-electron chi connectivity index (χ2n) is 5.44. The van der Waals surface area contributed by atoms with Crippen LogP contribution in [-0.4, -0.2) is 30.1 Å². The molecule has 0 fully saturated rings. The Morgan fingerprint density at radius 1 is 1.28 bits per heavy atom. The fraction of sp³-hybridized carbons (Fsp3) is 0.625. The molecule has 2 nitrogen and oxygen atoms in total. The van der Waals surface area contributed by atoms with Crippen molar-refractivity contribution in [2.24, 2.45) is 5.92 Å². The normalized spacial score (nSPS) is 14.8. The van der Waals surface area contributed by atoms with E-state index in [1.807, 2.05) is 18.2 Å². The van der Waals surface area contributed by atoms with Crippen LogP contribution in [0.1, 0.15) is 43.9 Å². The first-order chi connectivity index (χ1) is 8.54. The molecule has 2 unspecified atom stereocenters. The van der Waals surface area contributed by atoms with Gasteiger partial charge in [-0.25, -0.2) is 0 Å². The van der Waals surface area contributed by atoms with E-state index >= 15 is 0 Å². The van der Waals surface area contributed by atoms with E-state index in [2.05, 4.69) is 38.8 Å². The molecular formula is C16H27NO. The quantitative estimate of drug-likeness (QED) is 0.800. The Bertz CT molecular complexity index is 351. The maximum atomic E-state index is 10.2. The lowest BCUT2D eigenvalue weighted by Gasteiger charge is -2.22. The van der Waals surface area contributed by atoms with Gasteiger partial charge in [-0.15, -0.1) is 0 Å². The van der Waals surface area contributed by atoms with Crippen molar-refractivity contribution < 1.29 is 5.11 Å². The van der Waals surface area contributed by atoms with Gasteiger partial charge in [0.25, 0.3) is 0 Å². The average Bonchev–Trinajstić information content (AvgIpc) is 2.36. The van der Waals surface area contributed by atoms with E-state index in [1.54, 1.807) is 0 Å². The SMILES string of the molecule is CCC(C)CN(C)CCC(O)c1ccccc1C. The van der Waals surface area contributed by atoms with Gasteiger partial charge in [-0.3, -0.25) is 0 Å². The summed E-state index contributed by atoms with van der Waals surface area (Å²) in [7, 11) is 2.14. The maximum absolute atomic E-state index is 10.2. The Morgan fingerprint density at radius 2 is 1.94 bits per heavy atom. The number of hydrogen-bond donors (Lipinski definition) is 1. The van der Waals surface area contributed by atoms with Gasteiger partial charge in [0.2, 0.25) is 0 Å². The zero-order valence-corrected chi connectivity index (χ0v) is 12.2. The average molecular weight is 249 g/mol. The summed E-state index contributed by atoms with van der Waals surface area (Å²) >= 11 is 0. The van der Waals surface area contributed by atoms with Crippen LogP contribution >= 0.6 is 0 Å². The highest BCUT2D eigenvalue weighted by atomic mass is 16.3. The molecule has 2 heteroatoms. The molecule has 1 rings (SSSR count). The van der Waals surface area contributed by atoms with Gasteiger partial charge in [0.05, 0.1) is 6.10 Å². The molecule has 0 saturated carbocycles. The first-order valence-electron chi connectivity index (χ1n) is 6.96. The first kappa shape index (κ1) is 15.2. The van der Waals surface area contributed by atoms with Crippen LogP contribution < -0.4 is 0 Å². The molecule has 0 saturated heterocycles. The summed E-state index contributed by atoms with van der Waals surface area (Å²) in [4.78, 5) is 2.32. The van der Waals surface area contributed by atoms with E-state index in [4.69, 9.17) is 0 Å². The van der Waals surface area contributed by atoms with Gasteiger partial charge in [-0.1, -0.05) is 44.5 Å². The molecule has 0 aliphatic heterocycles. The molecule has 0 aliphatic rings. The molecule has 0 aliphatic carbocycles. The van der Waals surface area contributed by atoms with Crippen LogP contribution in [0.2, 0.25) is 0 Å². The zero-order valence-electron chi connectivity index (χ0n) is 12.2. The van der Waals surface area contributed by atoms with Crippen molar-refractivity contribution in [1.82, 2.24) is 4.90 Å². The largest absolute Gasteiger partial charge is 0.388 e. The summed E-state index contributed by atoms with van der Waals surface area (Å²) in [5, 5.41) is 10.2. The first-order valence-corrected chi connectivity index (χ1v) is 6.96. The summed E-state index contributed by atoms with van der Waals surface area (Å²) < 4.78 is 0. The molecule has 0 heterocycles. The Morgan fingerprint density at radius 3 is 2.56 bits per heavy atom. The third-order valence-electron chi connectivity index (χ3n) is 3.65. The predicted octanol–water partition coefficient (Wildman–Crippen LogP) is 3.40. The minimum Gasteiger partial charge on any atom is -0.388 e. The number of hydrogen-bond acceptors (Lipinski definition) is 2. The fourth-order valence-corrected chi connectivity index (χ4v) is 2.21. The van der Waals surface area contributed by atoms with Crippen LogP contribution in [-0.2, 0) is 0 Å². The molecule has 0 spiro atoms. The third kappa shape index (κ3) is 4.79. The van der Waals surface area contributed by atoms with Gasteiger partial charge in [-0.05, 0) is 37.4 Å². The van der Waals surface area contributed by atoms with Crippen molar-refractivity contribution >= 4 is 0 Å². The molecule has 0 bridgehead atoms. The van der Waals surface area contributed by atoms with Crippen LogP contribution in [0, 0.1) is 12.8 Å². The fourth-order valence-electron chi connectivity index (χ4n) is 2.21. The van der Waals surface area contributed by atoms with Crippen molar-refractivity contribution in [1.29, 1.82) is 0 Å². The van der Waals surface area contributed by atoms with Crippen molar-refractivity contribution in [3.63, 3.8) is 0 Å². The van der Waals surface area contributed by atoms with E-state index in [1.165, 1.54) is 12.0 Å². The summed E-state index contributed by atoms with van der Waals surface area (Å²) in [5.41, 5.74) is 2.24. The Hall–Kier alpha value is -0.860. The van der Waals surface area contributed by atoms with Crippen molar-refractivity contribution in [3.05, 3.63) is 35.4 Å². The standard InChI is InChI=1S/C16H27NO/c1-5-13(2)12-17(4)11-10-16(18)15-9-7-6-8-14(15)3/h6-9,13,16,18H,5,10-12H2,1-4H3. The monoisotopic (exact) mass is 249 g/mol. The van der Waals surface area contributed by atoms with Gasteiger partial charge >= 0.3 is 0 Å². The zero-order chi connectivity index (χ0) is 13.5. The lowest BCUT2D eigenvalue weighted by molar-refractivity contribution is 0.144. The van der Waals surface area contributed by atoms with Crippen molar-refractivity contribution in [2.75, 3.05) is 20.1 Å². The van der Waals surface area contributed by atoms with Gasteiger partial charge in [0.15, 0.2) is 0 Å². The topological polar surface area (TPSA) is 23.5 Å². The van der Waals surface area contributed by atoms with E-state index in [0.717, 1.165) is 31.0 Å². The lowest BCUT2D eigenvalue weighted by atomic mass is 10.0. The highest BCUT2D eigenvalue weighted by Gasteiger charge is 2.11. The molecule has 2 atom stereocenters. The van der Waals surface area contributed by atoms with Gasteiger partial charge in [0, 0.05) is 13.1 Å². The van der Waals surface area contributed by atoms with Gasteiger partial charge in [-0.2, -0.15) is 0 Å². The highest BCUT2D eigenvalue weighted by Crippen LogP contribution is 2.20. The predicted molar refractivity (Wildman–Crippen MR) is 77.7 cm³/mol. The number of rotatable bonds is 7. The summed E-state index contributed by atoms with van der Waals surface area (Å²) in [6.45, 7) is 8.60. The number of aliphatic hydroxyl groups is 1. The Labute approximate surface area is 112 Å². The third-order valence-corrected chi connectivity index (χ3v) is 3.65. The number of nitrogens with zero attached hydrogens (tertiary/aromatic N) is 1. The van der Waals surface area contributed by atoms with Crippen LogP contribution in [0.25, 0.3) is 0 Å². The van der Waals surface area contributed by atoms with Crippen molar-refractivity contribution in [3.8, 4) is 0 Å². The summed E-state index contributed by atoms with van der Waals surface area (Å²) in [6.07, 6.45) is 1.67. The highest BCUT2D eigenvalue weighted by molar-refractivity contribution is 5.27. The summed E-state index contributed by atoms with van der Waals surface area (Å²) in [5.74, 6) is 0.727. The number of aryl methyl sites for hydroxylation is 1. The molecule has 1 aromatic rings. The number of aliphatic hydroxyl groups excluding tert-OH is 1. The van der Waals surface area contributed by atoms with Gasteiger partial charge < -0.3 is 10.0 Å². The Balaban J connectivity index is 2.42. The lowest BCUT2D eigenvalue weighted by Crippen LogP contribution is -2.26. The van der Waals surface area contributed by atoms with E-state index < -0.39 is 0 Å². The van der Waals surface area contributed by atoms with E-state index in [-0.39, 0.29) is 6.10 Å².